The number of benzene rings is 1. The minimum absolute atomic E-state index is 0.975. The fraction of sp³-hybridized carbons (Fsp3) is 0.600. The summed E-state index contributed by atoms with van der Waals surface area (Å²) in [4.78, 5) is 2.66. The molecule has 1 aromatic rings. The molecule has 1 aromatic carbocycles. The van der Waals surface area contributed by atoms with Crippen LogP contribution in [0, 0.1) is 17.8 Å². The lowest BCUT2D eigenvalue weighted by Crippen LogP contribution is -2.40. The van der Waals surface area contributed by atoms with Crippen LogP contribution in [-0.2, 0) is 6.54 Å². The minimum atomic E-state index is 0.975. The quantitative estimate of drug-likeness (QED) is 0.732. The Kier molecular flexibility index (Phi) is 2.72. The van der Waals surface area contributed by atoms with Crippen LogP contribution in [-0.4, -0.2) is 18.0 Å². The van der Waals surface area contributed by atoms with Gasteiger partial charge < -0.3 is 0 Å². The number of nitrogens with zero attached hydrogens (tertiary/aromatic N) is 1. The van der Waals surface area contributed by atoms with Crippen molar-refractivity contribution in [2.45, 2.75) is 26.3 Å². The van der Waals surface area contributed by atoms with E-state index in [0.29, 0.717) is 0 Å². The van der Waals surface area contributed by atoms with Gasteiger partial charge in [0.2, 0.25) is 0 Å². The summed E-state index contributed by atoms with van der Waals surface area (Å²) in [5, 5.41) is 0. The lowest BCUT2D eigenvalue weighted by atomic mass is 9.87. The number of likely N-dealkylation sites (tertiary alicyclic amines) is 1. The van der Waals surface area contributed by atoms with Gasteiger partial charge in [0.25, 0.3) is 0 Å². The zero-order chi connectivity index (χ0) is 11.0. The molecular formula is C15H21N. The number of hydrogen-bond donors (Lipinski definition) is 0. The summed E-state index contributed by atoms with van der Waals surface area (Å²) >= 11 is 0. The predicted octanol–water partition coefficient (Wildman–Crippen LogP) is 3.16. The third-order valence-corrected chi connectivity index (χ3v) is 4.63. The number of rotatable bonds is 2. The van der Waals surface area contributed by atoms with E-state index in [1.54, 1.807) is 0 Å². The van der Waals surface area contributed by atoms with Crippen molar-refractivity contribution < 1.29 is 0 Å². The normalized spacial score (nSPS) is 34.2. The van der Waals surface area contributed by atoms with Gasteiger partial charge in [-0.1, -0.05) is 37.3 Å². The highest BCUT2D eigenvalue weighted by atomic mass is 15.1. The van der Waals surface area contributed by atoms with Crippen molar-refractivity contribution in [1.29, 1.82) is 0 Å². The Bertz CT molecular complexity index is 332. The monoisotopic (exact) mass is 215 g/mol. The van der Waals surface area contributed by atoms with Gasteiger partial charge in [-0.05, 0) is 36.2 Å². The molecule has 3 rings (SSSR count). The first-order valence-corrected chi connectivity index (χ1v) is 6.59. The molecule has 0 spiro atoms. The SMILES string of the molecule is CC1C2CCC1CN(Cc1ccccc1)C2. The molecule has 1 heterocycles. The Labute approximate surface area is 98.5 Å². The molecule has 2 fully saturated rings. The van der Waals surface area contributed by atoms with E-state index < -0.39 is 0 Å². The molecule has 2 bridgehead atoms. The summed E-state index contributed by atoms with van der Waals surface area (Å²) in [5.74, 6) is 2.93. The van der Waals surface area contributed by atoms with Crippen molar-refractivity contribution in [1.82, 2.24) is 4.90 Å². The smallest absolute Gasteiger partial charge is 0.0233 e. The van der Waals surface area contributed by atoms with Gasteiger partial charge in [0.15, 0.2) is 0 Å². The van der Waals surface area contributed by atoms with Gasteiger partial charge in [-0.3, -0.25) is 4.90 Å². The van der Waals surface area contributed by atoms with E-state index in [2.05, 4.69) is 42.2 Å². The van der Waals surface area contributed by atoms with Gasteiger partial charge >= 0.3 is 0 Å². The molecule has 0 radical (unpaired) electrons. The fourth-order valence-electron chi connectivity index (χ4n) is 3.56. The van der Waals surface area contributed by atoms with E-state index in [4.69, 9.17) is 0 Å². The summed E-state index contributed by atoms with van der Waals surface area (Å²) in [6, 6.07) is 10.9. The fourth-order valence-corrected chi connectivity index (χ4v) is 3.56. The van der Waals surface area contributed by atoms with Gasteiger partial charge in [-0.2, -0.15) is 0 Å². The van der Waals surface area contributed by atoms with Gasteiger partial charge in [-0.25, -0.2) is 0 Å². The summed E-state index contributed by atoms with van der Waals surface area (Å²) < 4.78 is 0. The molecule has 0 aromatic heterocycles. The summed E-state index contributed by atoms with van der Waals surface area (Å²) in [6.45, 7) is 6.27. The Hall–Kier alpha value is -0.820. The maximum atomic E-state index is 2.66. The summed E-state index contributed by atoms with van der Waals surface area (Å²) in [5.41, 5.74) is 1.47. The maximum absolute atomic E-state index is 2.66. The third kappa shape index (κ3) is 1.89. The van der Waals surface area contributed by atoms with Gasteiger partial charge in [0.1, 0.15) is 0 Å². The standard InChI is InChI=1S/C15H21N/c1-12-14-7-8-15(12)11-16(10-14)9-13-5-3-2-4-6-13/h2-6,12,14-15H,7-11H2,1H3. The highest BCUT2D eigenvalue weighted by molar-refractivity contribution is 5.14. The van der Waals surface area contributed by atoms with Crippen molar-refractivity contribution in [3.8, 4) is 0 Å². The number of fused-ring (bicyclic) bond motifs is 2. The molecule has 16 heavy (non-hydrogen) atoms. The summed E-state index contributed by atoms with van der Waals surface area (Å²) in [7, 11) is 0. The van der Waals surface area contributed by atoms with Crippen LogP contribution in [0.2, 0.25) is 0 Å². The van der Waals surface area contributed by atoms with Crippen LogP contribution < -0.4 is 0 Å². The van der Waals surface area contributed by atoms with Crippen LogP contribution in [0.1, 0.15) is 25.3 Å². The van der Waals surface area contributed by atoms with Crippen molar-refractivity contribution >= 4 is 0 Å². The summed E-state index contributed by atoms with van der Waals surface area (Å²) in [6.07, 6.45) is 2.94. The second-order valence-electron chi connectivity index (χ2n) is 5.64. The van der Waals surface area contributed by atoms with E-state index in [-0.39, 0.29) is 0 Å². The minimum Gasteiger partial charge on any atom is -0.299 e. The van der Waals surface area contributed by atoms with E-state index in [9.17, 15) is 0 Å². The molecule has 1 saturated carbocycles. The van der Waals surface area contributed by atoms with E-state index in [0.717, 1.165) is 24.3 Å². The molecular weight excluding hydrogens is 194 g/mol. The Morgan fingerprint density at radius 3 is 2.31 bits per heavy atom. The molecule has 2 unspecified atom stereocenters. The molecule has 0 N–H and O–H groups in total. The number of piperidine rings is 1. The molecule has 1 aliphatic heterocycles. The lowest BCUT2D eigenvalue weighted by Gasteiger charge is -2.36. The molecule has 86 valence electrons. The first-order valence-electron chi connectivity index (χ1n) is 6.59. The van der Waals surface area contributed by atoms with Crippen LogP contribution in [0.15, 0.2) is 30.3 Å². The maximum Gasteiger partial charge on any atom is 0.0233 e. The van der Waals surface area contributed by atoms with Crippen molar-refractivity contribution in [3.05, 3.63) is 35.9 Å². The molecule has 0 amide bonds. The van der Waals surface area contributed by atoms with Crippen molar-refractivity contribution in [2.75, 3.05) is 13.1 Å². The zero-order valence-electron chi connectivity index (χ0n) is 10.1. The predicted molar refractivity (Wildman–Crippen MR) is 67.1 cm³/mol. The van der Waals surface area contributed by atoms with Crippen LogP contribution in [0.4, 0.5) is 0 Å². The average Bonchev–Trinajstić information content (AvgIpc) is 2.54. The molecule has 2 aliphatic rings. The lowest BCUT2D eigenvalue weighted by molar-refractivity contribution is 0.113. The van der Waals surface area contributed by atoms with E-state index >= 15 is 0 Å². The largest absolute Gasteiger partial charge is 0.299 e. The average molecular weight is 215 g/mol. The Morgan fingerprint density at radius 1 is 1.06 bits per heavy atom. The topological polar surface area (TPSA) is 3.24 Å². The molecule has 1 nitrogen and oxygen atoms in total. The second-order valence-corrected chi connectivity index (χ2v) is 5.64. The van der Waals surface area contributed by atoms with Crippen molar-refractivity contribution in [2.24, 2.45) is 17.8 Å². The molecule has 2 atom stereocenters. The highest BCUT2D eigenvalue weighted by Crippen LogP contribution is 2.41. The van der Waals surface area contributed by atoms with E-state index in [1.165, 1.54) is 31.5 Å². The first kappa shape index (κ1) is 10.3. The Balaban J connectivity index is 1.66. The Morgan fingerprint density at radius 2 is 1.69 bits per heavy atom. The van der Waals surface area contributed by atoms with Crippen LogP contribution in [0.3, 0.4) is 0 Å². The first-order chi connectivity index (χ1) is 7.83. The van der Waals surface area contributed by atoms with Gasteiger partial charge in [-0.15, -0.1) is 0 Å². The van der Waals surface area contributed by atoms with Crippen LogP contribution in [0.5, 0.6) is 0 Å². The van der Waals surface area contributed by atoms with Gasteiger partial charge in [0, 0.05) is 19.6 Å². The van der Waals surface area contributed by atoms with Crippen molar-refractivity contribution in [3.63, 3.8) is 0 Å². The van der Waals surface area contributed by atoms with Gasteiger partial charge in [0.05, 0.1) is 0 Å². The highest BCUT2D eigenvalue weighted by Gasteiger charge is 2.38. The molecule has 1 saturated heterocycles. The van der Waals surface area contributed by atoms with E-state index in [1.807, 2.05) is 0 Å². The molecule has 1 heteroatoms. The van der Waals surface area contributed by atoms with Crippen LogP contribution >= 0.6 is 0 Å². The van der Waals surface area contributed by atoms with Crippen LogP contribution in [0.25, 0.3) is 0 Å². The third-order valence-electron chi connectivity index (χ3n) is 4.63. The molecule has 1 aliphatic carbocycles. The number of hydrogen-bond acceptors (Lipinski definition) is 1. The zero-order valence-corrected chi connectivity index (χ0v) is 10.1. The second kappa shape index (κ2) is 4.21.